The first-order valence-electron chi connectivity index (χ1n) is 22.8. The number of rotatable bonds is 8. The summed E-state index contributed by atoms with van der Waals surface area (Å²) in [4.78, 5) is 2.54. The van der Waals surface area contributed by atoms with Gasteiger partial charge in [-0.2, -0.15) is 0 Å². The molecule has 0 N–H and O–H groups in total. The second-order valence-corrected chi connectivity index (χ2v) is 17.7. The van der Waals surface area contributed by atoms with Gasteiger partial charge in [-0.25, -0.2) is 0 Å². The zero-order chi connectivity index (χ0) is 43.5. The molecule has 1 nitrogen and oxygen atoms in total. The van der Waals surface area contributed by atoms with E-state index in [4.69, 9.17) is 0 Å². The average Bonchev–Trinajstić information content (AvgIpc) is 3.84. The van der Waals surface area contributed by atoms with Gasteiger partial charge in [-0.15, -0.1) is 0 Å². The number of nitrogens with zero attached hydrogens (tertiary/aromatic N) is 1. The minimum atomic E-state index is -0.529. The van der Waals surface area contributed by atoms with E-state index in [2.05, 4.69) is 267 Å². The summed E-state index contributed by atoms with van der Waals surface area (Å²) >= 11 is 0. The Kier molecular flexibility index (Phi) is 9.14. The third kappa shape index (κ3) is 5.79. The quantitative estimate of drug-likeness (QED) is 0.147. The van der Waals surface area contributed by atoms with Crippen LogP contribution in [0.4, 0.5) is 17.1 Å². The Balaban J connectivity index is 1.14. The first kappa shape index (κ1) is 38.7. The van der Waals surface area contributed by atoms with Crippen LogP contribution >= 0.6 is 0 Å². The minimum Gasteiger partial charge on any atom is -0.310 e. The molecular weight excluding hydrogens is 783 g/mol. The summed E-state index contributed by atoms with van der Waals surface area (Å²) in [6.45, 7) is 4.56. The zero-order valence-electron chi connectivity index (χ0n) is 36.6. The van der Waals surface area contributed by atoms with Crippen LogP contribution in [0, 0.1) is 13.8 Å². The van der Waals surface area contributed by atoms with Crippen LogP contribution in [0.2, 0.25) is 0 Å². The van der Waals surface area contributed by atoms with Crippen LogP contribution in [0.25, 0.3) is 33.4 Å². The fraction of sp³-hybridized carbons (Fsp3) is 0.0625. The van der Waals surface area contributed by atoms with E-state index in [1.54, 1.807) is 0 Å². The fourth-order valence-corrected chi connectivity index (χ4v) is 11.7. The van der Waals surface area contributed by atoms with Crippen LogP contribution in [0.15, 0.2) is 249 Å². The Hall–Kier alpha value is -8.00. The number of benzene rings is 10. The van der Waals surface area contributed by atoms with E-state index in [0.717, 1.165) is 11.4 Å². The van der Waals surface area contributed by atoms with Crippen LogP contribution in [0.3, 0.4) is 0 Å². The summed E-state index contributed by atoms with van der Waals surface area (Å²) in [6, 6.07) is 92.5. The van der Waals surface area contributed by atoms with Gasteiger partial charge in [-0.1, -0.05) is 212 Å². The highest BCUT2D eigenvalue weighted by atomic mass is 15.1. The lowest BCUT2D eigenvalue weighted by Crippen LogP contribution is -2.29. The van der Waals surface area contributed by atoms with E-state index < -0.39 is 10.8 Å². The molecule has 0 aromatic heterocycles. The smallest absolute Gasteiger partial charge is 0.0714 e. The third-order valence-corrected chi connectivity index (χ3v) is 14.2. The van der Waals surface area contributed by atoms with Crippen LogP contribution < -0.4 is 4.90 Å². The maximum atomic E-state index is 2.54. The fourth-order valence-electron chi connectivity index (χ4n) is 11.7. The lowest BCUT2D eigenvalue weighted by atomic mass is 9.67. The van der Waals surface area contributed by atoms with Crippen LogP contribution in [-0.2, 0) is 10.8 Å². The highest BCUT2D eigenvalue weighted by Crippen LogP contribution is 2.59. The van der Waals surface area contributed by atoms with Crippen molar-refractivity contribution in [2.24, 2.45) is 0 Å². The van der Waals surface area contributed by atoms with E-state index in [1.807, 2.05) is 0 Å². The molecule has 0 bridgehead atoms. The molecule has 12 rings (SSSR count). The molecule has 0 aliphatic heterocycles. The molecule has 0 spiro atoms. The van der Waals surface area contributed by atoms with E-state index in [9.17, 15) is 0 Å². The van der Waals surface area contributed by atoms with Crippen LogP contribution in [0.1, 0.15) is 55.6 Å². The standard InChI is InChI=1S/C64H47N/c1-44-40-47(46-22-8-3-9-23-46)41-45(2)62(44)65(52-37-39-60-57(42-52)55-33-19-21-35-59(55)63(60,48-24-10-4-11-25-48)49-26-12-5-13-27-49)53-36-38-56-54-32-18-20-34-58(54)64(61(56)43-53,50-28-14-6-15-29-50)51-30-16-7-17-31-51/h3-43H,1-2H3. The van der Waals surface area contributed by atoms with Crippen molar-refractivity contribution in [2.75, 3.05) is 4.90 Å². The molecule has 0 unspecified atom stereocenters. The Morgan fingerprint density at radius 1 is 0.277 bits per heavy atom. The van der Waals surface area contributed by atoms with E-state index in [-0.39, 0.29) is 0 Å². The van der Waals surface area contributed by atoms with Gasteiger partial charge in [0, 0.05) is 11.4 Å². The van der Waals surface area contributed by atoms with E-state index >= 15 is 0 Å². The number of hydrogen-bond donors (Lipinski definition) is 0. The largest absolute Gasteiger partial charge is 0.310 e. The van der Waals surface area contributed by atoms with Crippen molar-refractivity contribution in [2.45, 2.75) is 24.7 Å². The minimum absolute atomic E-state index is 0.481. The van der Waals surface area contributed by atoms with Crippen molar-refractivity contribution in [1.82, 2.24) is 0 Å². The van der Waals surface area contributed by atoms with E-state index in [0.29, 0.717) is 0 Å². The molecule has 0 radical (unpaired) electrons. The summed E-state index contributed by atoms with van der Waals surface area (Å²) in [5.41, 5.74) is 22.6. The van der Waals surface area contributed by atoms with Gasteiger partial charge in [-0.05, 0) is 139 Å². The molecule has 0 heterocycles. The normalized spacial score (nSPS) is 13.6. The second-order valence-electron chi connectivity index (χ2n) is 17.7. The lowest BCUT2D eigenvalue weighted by molar-refractivity contribution is 0.768. The first-order valence-corrected chi connectivity index (χ1v) is 22.8. The highest BCUT2D eigenvalue weighted by molar-refractivity contribution is 5.93. The average molecular weight is 830 g/mol. The van der Waals surface area contributed by atoms with Gasteiger partial charge in [0.2, 0.25) is 0 Å². The van der Waals surface area contributed by atoms with Crippen molar-refractivity contribution in [1.29, 1.82) is 0 Å². The summed E-state index contributed by atoms with van der Waals surface area (Å²) < 4.78 is 0. The van der Waals surface area contributed by atoms with Gasteiger partial charge in [0.15, 0.2) is 0 Å². The molecule has 0 saturated carbocycles. The molecular formula is C64H47N. The Bertz CT molecular complexity index is 3270. The van der Waals surface area contributed by atoms with Gasteiger partial charge in [-0.3, -0.25) is 0 Å². The number of anilines is 3. The molecule has 65 heavy (non-hydrogen) atoms. The monoisotopic (exact) mass is 829 g/mol. The van der Waals surface area contributed by atoms with E-state index in [1.165, 1.54) is 94.7 Å². The molecule has 0 atom stereocenters. The summed E-state index contributed by atoms with van der Waals surface area (Å²) in [7, 11) is 0. The Morgan fingerprint density at radius 3 is 1.15 bits per heavy atom. The predicted molar refractivity (Wildman–Crippen MR) is 271 cm³/mol. The Morgan fingerprint density at radius 2 is 0.646 bits per heavy atom. The topological polar surface area (TPSA) is 3.24 Å². The zero-order valence-corrected chi connectivity index (χ0v) is 36.6. The van der Waals surface area contributed by atoms with Gasteiger partial charge in [0.1, 0.15) is 0 Å². The number of fused-ring (bicyclic) bond motifs is 6. The molecule has 1 heteroatoms. The summed E-state index contributed by atoms with van der Waals surface area (Å²) in [6.07, 6.45) is 0. The summed E-state index contributed by atoms with van der Waals surface area (Å²) in [5.74, 6) is 0. The van der Waals surface area contributed by atoms with Crippen molar-refractivity contribution in [3.63, 3.8) is 0 Å². The van der Waals surface area contributed by atoms with Gasteiger partial charge in [0.05, 0.1) is 16.5 Å². The van der Waals surface area contributed by atoms with Crippen LogP contribution in [-0.4, -0.2) is 0 Å². The molecule has 308 valence electrons. The predicted octanol–water partition coefficient (Wildman–Crippen LogP) is 16.2. The maximum Gasteiger partial charge on any atom is 0.0714 e. The molecule has 0 saturated heterocycles. The van der Waals surface area contributed by atoms with Crippen molar-refractivity contribution in [3.8, 4) is 33.4 Å². The van der Waals surface area contributed by atoms with Crippen molar-refractivity contribution in [3.05, 3.63) is 304 Å². The van der Waals surface area contributed by atoms with Gasteiger partial charge < -0.3 is 4.90 Å². The second kappa shape index (κ2) is 15.4. The summed E-state index contributed by atoms with van der Waals surface area (Å²) in [5, 5.41) is 0. The SMILES string of the molecule is Cc1cc(-c2ccccc2)cc(C)c1N(c1ccc2c(c1)-c1ccccc1C2(c1ccccc1)c1ccccc1)c1ccc2c(c1)C(c1ccccc1)(c1ccccc1)c1ccccc1-2. The van der Waals surface area contributed by atoms with Gasteiger partial charge >= 0.3 is 0 Å². The molecule has 2 aliphatic rings. The Labute approximate surface area is 382 Å². The molecule has 2 aliphatic carbocycles. The lowest BCUT2D eigenvalue weighted by Gasteiger charge is -2.36. The van der Waals surface area contributed by atoms with Crippen molar-refractivity contribution < 1.29 is 0 Å². The van der Waals surface area contributed by atoms with Gasteiger partial charge in [0.25, 0.3) is 0 Å². The molecule has 10 aromatic rings. The number of hydrogen-bond acceptors (Lipinski definition) is 1. The maximum absolute atomic E-state index is 2.54. The third-order valence-electron chi connectivity index (χ3n) is 14.2. The number of aryl methyl sites for hydroxylation is 2. The first-order chi connectivity index (χ1) is 32.1. The van der Waals surface area contributed by atoms with Crippen LogP contribution in [0.5, 0.6) is 0 Å². The molecule has 0 amide bonds. The molecule has 10 aromatic carbocycles. The van der Waals surface area contributed by atoms with Crippen molar-refractivity contribution >= 4 is 17.1 Å². The molecule has 0 fully saturated rings. The highest BCUT2D eigenvalue weighted by Gasteiger charge is 2.48.